The molecule has 0 unspecified atom stereocenters. The van der Waals surface area contributed by atoms with Crippen molar-refractivity contribution in [3.63, 3.8) is 0 Å². The monoisotopic (exact) mass is 410 g/mol. The highest BCUT2D eigenvalue weighted by atomic mass is 79.9. The Balaban J connectivity index is 1.84. The molecule has 0 atom stereocenters. The second-order valence-electron chi connectivity index (χ2n) is 5.36. The number of hydrogen-bond donors (Lipinski definition) is 2. The Morgan fingerprint density at radius 1 is 0.962 bits per heavy atom. The van der Waals surface area contributed by atoms with Crippen LogP contribution < -0.4 is 10.6 Å². The molecule has 0 aliphatic rings. The predicted octanol–water partition coefficient (Wildman–Crippen LogP) is 4.45. The van der Waals surface area contributed by atoms with Gasteiger partial charge in [0.2, 0.25) is 0 Å². The standard InChI is InChI=1S/C20H15BrN2O3/c21-15-7-4-6-14(12-15)19(24)23-18(13-17-10-5-11-26-17)20(25)22-16-8-2-1-3-9-16/h1-13H,(H,22,25)(H,23,24). The first-order valence-corrected chi connectivity index (χ1v) is 8.59. The molecule has 0 bridgehead atoms. The maximum atomic E-state index is 12.6. The van der Waals surface area contributed by atoms with E-state index in [1.54, 1.807) is 42.5 Å². The first-order chi connectivity index (χ1) is 12.6. The molecule has 0 aliphatic carbocycles. The molecule has 0 fully saturated rings. The lowest BCUT2D eigenvalue weighted by atomic mass is 10.2. The van der Waals surface area contributed by atoms with Gasteiger partial charge in [-0.1, -0.05) is 40.2 Å². The second-order valence-corrected chi connectivity index (χ2v) is 6.27. The smallest absolute Gasteiger partial charge is 0.272 e. The van der Waals surface area contributed by atoms with Crippen LogP contribution in [0.2, 0.25) is 0 Å². The Bertz CT molecular complexity index is 935. The van der Waals surface area contributed by atoms with Crippen LogP contribution in [0.5, 0.6) is 0 Å². The van der Waals surface area contributed by atoms with Gasteiger partial charge in [0, 0.05) is 21.8 Å². The molecule has 130 valence electrons. The van der Waals surface area contributed by atoms with Crippen LogP contribution in [-0.2, 0) is 4.79 Å². The van der Waals surface area contributed by atoms with Gasteiger partial charge in [-0.3, -0.25) is 9.59 Å². The average Bonchev–Trinajstić information content (AvgIpc) is 3.15. The van der Waals surface area contributed by atoms with Crippen LogP contribution in [0.3, 0.4) is 0 Å². The number of hydrogen-bond acceptors (Lipinski definition) is 3. The maximum absolute atomic E-state index is 12.6. The van der Waals surface area contributed by atoms with E-state index in [-0.39, 0.29) is 5.70 Å². The van der Waals surface area contributed by atoms with Crippen molar-refractivity contribution in [1.29, 1.82) is 0 Å². The number of carbonyl (C=O) groups is 2. The Kier molecular flexibility index (Phi) is 5.66. The number of para-hydroxylation sites is 1. The summed E-state index contributed by atoms with van der Waals surface area (Å²) in [6, 6.07) is 19.3. The zero-order valence-corrected chi connectivity index (χ0v) is 15.2. The molecular formula is C20H15BrN2O3. The van der Waals surface area contributed by atoms with E-state index >= 15 is 0 Å². The number of nitrogens with one attached hydrogen (secondary N) is 2. The van der Waals surface area contributed by atoms with Gasteiger partial charge in [-0.15, -0.1) is 0 Å². The van der Waals surface area contributed by atoms with Gasteiger partial charge >= 0.3 is 0 Å². The fourth-order valence-corrected chi connectivity index (χ4v) is 2.62. The van der Waals surface area contributed by atoms with Crippen molar-refractivity contribution >= 4 is 39.5 Å². The number of carbonyl (C=O) groups excluding carboxylic acids is 2. The molecule has 2 amide bonds. The lowest BCUT2D eigenvalue weighted by Crippen LogP contribution is -2.30. The third-order valence-corrected chi connectivity index (χ3v) is 3.93. The number of benzene rings is 2. The summed E-state index contributed by atoms with van der Waals surface area (Å²) in [5.41, 5.74) is 1.13. The van der Waals surface area contributed by atoms with E-state index in [1.165, 1.54) is 12.3 Å². The highest BCUT2D eigenvalue weighted by molar-refractivity contribution is 9.10. The molecule has 5 nitrogen and oxygen atoms in total. The quantitative estimate of drug-likeness (QED) is 0.610. The van der Waals surface area contributed by atoms with E-state index in [1.807, 2.05) is 24.3 Å². The van der Waals surface area contributed by atoms with Gasteiger partial charge in [0.05, 0.1) is 6.26 Å². The van der Waals surface area contributed by atoms with E-state index in [0.29, 0.717) is 17.0 Å². The van der Waals surface area contributed by atoms with Gasteiger partial charge in [-0.2, -0.15) is 0 Å². The highest BCUT2D eigenvalue weighted by Gasteiger charge is 2.15. The zero-order valence-electron chi connectivity index (χ0n) is 13.6. The lowest BCUT2D eigenvalue weighted by molar-refractivity contribution is -0.113. The molecule has 0 radical (unpaired) electrons. The summed E-state index contributed by atoms with van der Waals surface area (Å²) in [5, 5.41) is 5.40. The van der Waals surface area contributed by atoms with Crippen LogP contribution in [0.25, 0.3) is 6.08 Å². The SMILES string of the molecule is O=C(Nc1ccccc1)C(=Cc1ccco1)NC(=O)c1cccc(Br)c1. The van der Waals surface area contributed by atoms with Crippen molar-refractivity contribution < 1.29 is 14.0 Å². The summed E-state index contributed by atoms with van der Waals surface area (Å²) in [7, 11) is 0. The minimum atomic E-state index is -0.448. The van der Waals surface area contributed by atoms with Crippen LogP contribution in [-0.4, -0.2) is 11.8 Å². The van der Waals surface area contributed by atoms with Gasteiger partial charge in [-0.25, -0.2) is 0 Å². The van der Waals surface area contributed by atoms with E-state index in [9.17, 15) is 9.59 Å². The number of amides is 2. The lowest BCUT2D eigenvalue weighted by Gasteiger charge is -2.11. The average molecular weight is 411 g/mol. The van der Waals surface area contributed by atoms with Gasteiger partial charge < -0.3 is 15.1 Å². The molecular weight excluding hydrogens is 396 g/mol. The normalized spacial score (nSPS) is 11.0. The molecule has 1 heterocycles. The summed E-state index contributed by atoms with van der Waals surface area (Å²) >= 11 is 3.33. The predicted molar refractivity (Wildman–Crippen MR) is 103 cm³/mol. The number of furan rings is 1. The third-order valence-electron chi connectivity index (χ3n) is 3.44. The van der Waals surface area contributed by atoms with E-state index in [4.69, 9.17) is 4.42 Å². The topological polar surface area (TPSA) is 71.3 Å². The minimum Gasteiger partial charge on any atom is -0.465 e. The van der Waals surface area contributed by atoms with Gasteiger partial charge in [-0.05, 0) is 42.5 Å². The van der Waals surface area contributed by atoms with E-state index in [0.717, 1.165) is 4.47 Å². The van der Waals surface area contributed by atoms with Gasteiger partial charge in [0.25, 0.3) is 11.8 Å². The van der Waals surface area contributed by atoms with E-state index in [2.05, 4.69) is 26.6 Å². The summed E-state index contributed by atoms with van der Waals surface area (Å²) in [6.07, 6.45) is 2.98. The number of halogens is 1. The van der Waals surface area contributed by atoms with Crippen LogP contribution in [0, 0.1) is 0 Å². The van der Waals surface area contributed by atoms with Crippen molar-refractivity contribution in [3.05, 3.63) is 94.5 Å². The summed E-state index contributed by atoms with van der Waals surface area (Å²) < 4.78 is 6.03. The van der Waals surface area contributed by atoms with Crippen LogP contribution in [0.4, 0.5) is 5.69 Å². The fraction of sp³-hybridized carbons (Fsp3) is 0. The molecule has 0 aliphatic heterocycles. The second kappa shape index (κ2) is 8.31. The molecule has 26 heavy (non-hydrogen) atoms. The van der Waals surface area contributed by atoms with Gasteiger partial charge in [0.15, 0.2) is 0 Å². The Labute approximate surface area is 158 Å². The molecule has 0 spiro atoms. The molecule has 0 saturated heterocycles. The molecule has 3 rings (SSSR count). The largest absolute Gasteiger partial charge is 0.465 e. The first kappa shape index (κ1) is 17.7. The fourth-order valence-electron chi connectivity index (χ4n) is 2.22. The van der Waals surface area contributed by atoms with Crippen molar-refractivity contribution in [2.45, 2.75) is 0 Å². The maximum Gasteiger partial charge on any atom is 0.272 e. The third kappa shape index (κ3) is 4.70. The van der Waals surface area contributed by atoms with Gasteiger partial charge in [0.1, 0.15) is 11.5 Å². The van der Waals surface area contributed by atoms with Crippen LogP contribution >= 0.6 is 15.9 Å². The molecule has 6 heteroatoms. The van der Waals surface area contributed by atoms with Crippen LogP contribution in [0.15, 0.2) is 87.6 Å². The summed E-state index contributed by atoms with van der Waals surface area (Å²) in [6.45, 7) is 0. The molecule has 3 aromatic rings. The van der Waals surface area contributed by atoms with E-state index < -0.39 is 11.8 Å². The molecule has 2 N–H and O–H groups in total. The number of anilines is 1. The Hall–Kier alpha value is -3.12. The highest BCUT2D eigenvalue weighted by Crippen LogP contribution is 2.14. The van der Waals surface area contributed by atoms with Crippen molar-refractivity contribution in [3.8, 4) is 0 Å². The number of rotatable bonds is 5. The minimum absolute atomic E-state index is 0.0776. The van der Waals surface area contributed by atoms with Crippen molar-refractivity contribution in [2.75, 3.05) is 5.32 Å². The molecule has 1 aromatic heterocycles. The Morgan fingerprint density at radius 3 is 2.46 bits per heavy atom. The summed E-state index contributed by atoms with van der Waals surface area (Å²) in [4.78, 5) is 25.1. The van der Waals surface area contributed by atoms with Crippen molar-refractivity contribution in [2.24, 2.45) is 0 Å². The zero-order chi connectivity index (χ0) is 18.4. The summed E-state index contributed by atoms with van der Waals surface area (Å²) in [5.74, 6) is -0.388. The molecule has 0 saturated carbocycles. The molecule has 2 aromatic carbocycles. The van der Waals surface area contributed by atoms with Crippen molar-refractivity contribution in [1.82, 2.24) is 5.32 Å². The Morgan fingerprint density at radius 2 is 1.77 bits per heavy atom. The first-order valence-electron chi connectivity index (χ1n) is 7.80. The van der Waals surface area contributed by atoms with Crippen LogP contribution in [0.1, 0.15) is 16.1 Å².